The third-order valence-corrected chi connectivity index (χ3v) is 3.85. The van der Waals surface area contributed by atoms with E-state index in [0.29, 0.717) is 0 Å². The number of hydrogen-bond acceptors (Lipinski definition) is 2. The third kappa shape index (κ3) is 4.26. The van der Waals surface area contributed by atoms with Crippen LogP contribution in [0.4, 0.5) is 4.39 Å². The molecule has 0 fully saturated rings. The Hall–Kier alpha value is -1.45. The average molecular weight is 307 g/mol. The quantitative estimate of drug-likeness (QED) is 0.806. The normalized spacial score (nSPS) is 13.9. The van der Waals surface area contributed by atoms with Gasteiger partial charge in [0.1, 0.15) is 5.82 Å². The Balaban J connectivity index is 2.15. The van der Waals surface area contributed by atoms with Crippen molar-refractivity contribution < 1.29 is 4.39 Å². The zero-order valence-electron chi connectivity index (χ0n) is 12.3. The summed E-state index contributed by atoms with van der Waals surface area (Å²) in [4.78, 5) is 4.19. The molecule has 0 radical (unpaired) electrons. The summed E-state index contributed by atoms with van der Waals surface area (Å²) in [5, 5.41) is 4.33. The number of aromatic nitrogens is 1. The fourth-order valence-corrected chi connectivity index (χ4v) is 2.52. The highest BCUT2D eigenvalue weighted by molar-refractivity contribution is 6.30. The van der Waals surface area contributed by atoms with Gasteiger partial charge in [0.05, 0.1) is 11.9 Å². The van der Waals surface area contributed by atoms with Gasteiger partial charge in [0, 0.05) is 17.1 Å². The number of pyridine rings is 1. The Bertz CT molecular complexity index is 503. The van der Waals surface area contributed by atoms with E-state index in [-0.39, 0.29) is 17.9 Å². The van der Waals surface area contributed by atoms with Gasteiger partial charge in [-0.3, -0.25) is 4.98 Å². The summed E-state index contributed by atoms with van der Waals surface area (Å²) in [7, 11) is 0. The topological polar surface area (TPSA) is 24.9 Å². The number of benzene rings is 1. The number of nitrogens with one attached hydrogen (secondary N) is 1. The number of rotatable bonds is 6. The zero-order valence-corrected chi connectivity index (χ0v) is 13.1. The van der Waals surface area contributed by atoms with Crippen LogP contribution in [0.5, 0.6) is 0 Å². The summed E-state index contributed by atoms with van der Waals surface area (Å²) in [5.41, 5.74) is 2.06. The average Bonchev–Trinajstić information content (AvgIpc) is 2.51. The predicted octanol–water partition coefficient (Wildman–Crippen LogP) is 5.07. The van der Waals surface area contributed by atoms with E-state index in [1.807, 2.05) is 24.3 Å². The maximum atomic E-state index is 13.0. The molecule has 2 nitrogen and oxygen atoms in total. The van der Waals surface area contributed by atoms with Gasteiger partial charge in [0.2, 0.25) is 0 Å². The van der Waals surface area contributed by atoms with Crippen molar-refractivity contribution in [2.75, 3.05) is 0 Å². The molecule has 2 aromatic rings. The SMILES string of the molecule is CCC(NC(CC)c1ccc(F)cn1)c1ccc(Cl)cc1. The lowest BCUT2D eigenvalue weighted by atomic mass is 10.0. The second kappa shape index (κ2) is 7.53. The second-order valence-electron chi connectivity index (χ2n) is 5.04. The number of halogens is 2. The molecule has 2 rings (SSSR count). The number of nitrogens with zero attached hydrogens (tertiary/aromatic N) is 1. The summed E-state index contributed by atoms with van der Waals surface area (Å²) in [6, 6.07) is 11.4. The van der Waals surface area contributed by atoms with Crippen molar-refractivity contribution >= 4 is 11.6 Å². The Morgan fingerprint density at radius 3 is 2.24 bits per heavy atom. The molecule has 0 aliphatic carbocycles. The van der Waals surface area contributed by atoms with Crippen LogP contribution in [0.3, 0.4) is 0 Å². The standard InChI is InChI=1S/C17H20ClFN2/c1-3-15(12-5-7-13(18)8-6-12)21-16(4-2)17-10-9-14(19)11-20-17/h5-11,15-16,21H,3-4H2,1-2H3. The van der Waals surface area contributed by atoms with Crippen LogP contribution in [0.25, 0.3) is 0 Å². The summed E-state index contributed by atoms with van der Waals surface area (Å²) in [6.45, 7) is 4.23. The molecule has 0 spiro atoms. The summed E-state index contributed by atoms with van der Waals surface area (Å²) in [6.07, 6.45) is 3.12. The van der Waals surface area contributed by atoms with Crippen molar-refractivity contribution in [2.45, 2.75) is 38.8 Å². The molecule has 1 heterocycles. The highest BCUT2D eigenvalue weighted by atomic mass is 35.5. The van der Waals surface area contributed by atoms with Crippen molar-refractivity contribution in [3.05, 3.63) is 64.7 Å². The van der Waals surface area contributed by atoms with Gasteiger partial charge in [-0.2, -0.15) is 0 Å². The first-order chi connectivity index (χ1) is 10.1. The van der Waals surface area contributed by atoms with E-state index in [1.165, 1.54) is 17.8 Å². The molecule has 0 aliphatic heterocycles. The van der Waals surface area contributed by atoms with Crippen LogP contribution >= 0.6 is 11.6 Å². The fraction of sp³-hybridized carbons (Fsp3) is 0.353. The van der Waals surface area contributed by atoms with Crippen molar-refractivity contribution in [1.29, 1.82) is 0 Å². The molecule has 0 aliphatic rings. The minimum absolute atomic E-state index is 0.103. The summed E-state index contributed by atoms with van der Waals surface area (Å²) in [5.74, 6) is -0.307. The van der Waals surface area contributed by atoms with Crippen LogP contribution in [0.1, 0.15) is 50.0 Å². The van der Waals surface area contributed by atoms with Crippen LogP contribution in [0, 0.1) is 5.82 Å². The van der Waals surface area contributed by atoms with E-state index in [4.69, 9.17) is 11.6 Å². The second-order valence-corrected chi connectivity index (χ2v) is 5.48. The zero-order chi connectivity index (χ0) is 15.2. The van der Waals surface area contributed by atoms with E-state index in [1.54, 1.807) is 6.07 Å². The molecule has 2 unspecified atom stereocenters. The lowest BCUT2D eigenvalue weighted by Crippen LogP contribution is -2.26. The highest BCUT2D eigenvalue weighted by Crippen LogP contribution is 2.24. The van der Waals surface area contributed by atoms with Crippen LogP contribution in [-0.2, 0) is 0 Å². The van der Waals surface area contributed by atoms with Gasteiger partial charge in [-0.25, -0.2) is 4.39 Å². The van der Waals surface area contributed by atoms with Gasteiger partial charge >= 0.3 is 0 Å². The van der Waals surface area contributed by atoms with E-state index >= 15 is 0 Å². The van der Waals surface area contributed by atoms with Gasteiger partial charge in [0.25, 0.3) is 0 Å². The molecule has 2 atom stereocenters. The first kappa shape index (κ1) is 15.9. The molecular weight excluding hydrogens is 287 g/mol. The molecule has 1 N–H and O–H groups in total. The van der Waals surface area contributed by atoms with Gasteiger partial charge in [0.15, 0.2) is 0 Å². The monoisotopic (exact) mass is 306 g/mol. The Labute approximate surface area is 130 Å². The van der Waals surface area contributed by atoms with Crippen LogP contribution in [0.15, 0.2) is 42.6 Å². The van der Waals surface area contributed by atoms with E-state index < -0.39 is 0 Å². The lowest BCUT2D eigenvalue weighted by molar-refractivity contribution is 0.418. The number of hydrogen-bond donors (Lipinski definition) is 1. The molecule has 0 bridgehead atoms. The molecule has 0 saturated heterocycles. The largest absolute Gasteiger partial charge is 0.302 e. The highest BCUT2D eigenvalue weighted by Gasteiger charge is 2.17. The summed E-state index contributed by atoms with van der Waals surface area (Å²) < 4.78 is 13.0. The first-order valence-corrected chi connectivity index (χ1v) is 7.64. The molecule has 21 heavy (non-hydrogen) atoms. The van der Waals surface area contributed by atoms with Gasteiger partial charge in [-0.15, -0.1) is 0 Å². The maximum absolute atomic E-state index is 13.0. The first-order valence-electron chi connectivity index (χ1n) is 7.27. The summed E-state index contributed by atoms with van der Waals surface area (Å²) >= 11 is 5.94. The van der Waals surface area contributed by atoms with Crippen LogP contribution in [-0.4, -0.2) is 4.98 Å². The van der Waals surface area contributed by atoms with Crippen molar-refractivity contribution in [1.82, 2.24) is 10.3 Å². The molecule has 1 aromatic heterocycles. The minimum atomic E-state index is -0.307. The Morgan fingerprint density at radius 1 is 1.05 bits per heavy atom. The molecule has 1 aromatic carbocycles. The fourth-order valence-electron chi connectivity index (χ4n) is 2.39. The molecule has 0 saturated carbocycles. The van der Waals surface area contributed by atoms with Crippen LogP contribution in [0.2, 0.25) is 5.02 Å². The molecule has 0 amide bonds. The molecule has 4 heteroatoms. The molecule has 112 valence electrons. The third-order valence-electron chi connectivity index (χ3n) is 3.60. The van der Waals surface area contributed by atoms with Gasteiger partial charge in [-0.1, -0.05) is 37.6 Å². The molecular formula is C17H20ClFN2. The van der Waals surface area contributed by atoms with E-state index in [0.717, 1.165) is 23.6 Å². The minimum Gasteiger partial charge on any atom is -0.302 e. The van der Waals surface area contributed by atoms with Gasteiger partial charge < -0.3 is 5.32 Å². The van der Waals surface area contributed by atoms with E-state index in [9.17, 15) is 4.39 Å². The van der Waals surface area contributed by atoms with Crippen molar-refractivity contribution in [2.24, 2.45) is 0 Å². The maximum Gasteiger partial charge on any atom is 0.141 e. The Kier molecular flexibility index (Phi) is 5.71. The van der Waals surface area contributed by atoms with E-state index in [2.05, 4.69) is 24.1 Å². The predicted molar refractivity (Wildman–Crippen MR) is 84.8 cm³/mol. The smallest absolute Gasteiger partial charge is 0.141 e. The lowest BCUT2D eigenvalue weighted by Gasteiger charge is -2.24. The van der Waals surface area contributed by atoms with Crippen molar-refractivity contribution in [3.8, 4) is 0 Å². The van der Waals surface area contributed by atoms with Crippen LogP contribution < -0.4 is 5.32 Å². The van der Waals surface area contributed by atoms with Crippen molar-refractivity contribution in [3.63, 3.8) is 0 Å². The van der Waals surface area contributed by atoms with Gasteiger partial charge in [-0.05, 0) is 42.7 Å². The Morgan fingerprint density at radius 2 is 1.71 bits per heavy atom.